The summed E-state index contributed by atoms with van der Waals surface area (Å²) in [5.74, 6) is 0.306. The number of non-ortho nitro benzene ring substituents is 1. The first-order valence-electron chi connectivity index (χ1n) is 9.48. The highest BCUT2D eigenvalue weighted by molar-refractivity contribution is 9.10. The Bertz CT molecular complexity index is 1290. The Balaban J connectivity index is 1.62. The van der Waals surface area contributed by atoms with Crippen LogP contribution in [0.1, 0.15) is 16.9 Å². The molecular formula is C22H15BrN4O5S. The van der Waals surface area contributed by atoms with E-state index >= 15 is 0 Å². The van der Waals surface area contributed by atoms with Gasteiger partial charge in [0.1, 0.15) is 11.5 Å². The molecule has 0 aliphatic carbocycles. The normalized spacial score (nSPS) is 16.4. The van der Waals surface area contributed by atoms with Gasteiger partial charge in [-0.3, -0.25) is 19.8 Å². The van der Waals surface area contributed by atoms with Crippen LogP contribution in [0.3, 0.4) is 0 Å². The van der Waals surface area contributed by atoms with Crippen molar-refractivity contribution >= 4 is 56.7 Å². The van der Waals surface area contributed by atoms with Gasteiger partial charge in [-0.15, -0.1) is 5.10 Å². The standard InChI is InChI=1S/C22H15BrN4O5S/c23-16-5-8-19(28)15(10-16)11-20-21(29)26(13-18-2-1-9-32-18)22(33-20)25-24-12-14-3-6-17(7-4-14)27(30)31/h1-12,28H,13H2/b20-11-,24-12+,25-22-. The van der Waals surface area contributed by atoms with E-state index in [2.05, 4.69) is 26.1 Å². The number of carbonyl (C=O) groups excluding carboxylic acids is 1. The second-order valence-corrected chi connectivity index (χ2v) is 8.69. The van der Waals surface area contributed by atoms with Crippen molar-refractivity contribution in [1.82, 2.24) is 4.90 Å². The Kier molecular flexibility index (Phi) is 6.71. The third kappa shape index (κ3) is 5.38. The number of benzene rings is 2. The Morgan fingerprint density at radius 2 is 2.00 bits per heavy atom. The third-order valence-corrected chi connectivity index (χ3v) is 6.00. The van der Waals surface area contributed by atoms with Gasteiger partial charge in [0, 0.05) is 22.2 Å². The lowest BCUT2D eigenvalue weighted by Gasteiger charge is -2.12. The minimum absolute atomic E-state index is 0.0226. The number of hydrogen-bond donors (Lipinski definition) is 1. The molecule has 3 aromatic rings. The van der Waals surface area contributed by atoms with Crippen LogP contribution in [0.15, 0.2) is 84.9 Å². The first-order chi connectivity index (χ1) is 15.9. The van der Waals surface area contributed by atoms with Crippen molar-refractivity contribution in [1.29, 1.82) is 0 Å². The molecule has 0 spiro atoms. The van der Waals surface area contributed by atoms with Gasteiger partial charge in [-0.05, 0) is 65.9 Å². The fourth-order valence-corrected chi connectivity index (χ4v) is 4.19. The van der Waals surface area contributed by atoms with Crippen LogP contribution in [0.4, 0.5) is 5.69 Å². The molecule has 9 nitrogen and oxygen atoms in total. The molecule has 2 aromatic carbocycles. The second kappa shape index (κ2) is 9.84. The van der Waals surface area contributed by atoms with Crippen LogP contribution >= 0.6 is 27.7 Å². The van der Waals surface area contributed by atoms with E-state index in [1.54, 1.807) is 42.5 Å². The van der Waals surface area contributed by atoms with Crippen molar-refractivity contribution in [2.75, 3.05) is 0 Å². The predicted octanol–water partition coefficient (Wildman–Crippen LogP) is 5.16. The second-order valence-electron chi connectivity index (χ2n) is 6.76. The average Bonchev–Trinajstić information content (AvgIpc) is 3.41. The zero-order valence-corrected chi connectivity index (χ0v) is 19.2. The van der Waals surface area contributed by atoms with Gasteiger partial charge in [0.15, 0.2) is 5.17 Å². The number of furan rings is 1. The third-order valence-electron chi connectivity index (χ3n) is 4.51. The Hall–Kier alpha value is -3.70. The molecule has 1 aromatic heterocycles. The van der Waals surface area contributed by atoms with E-state index in [9.17, 15) is 20.0 Å². The molecule has 0 atom stereocenters. The highest BCUT2D eigenvalue weighted by Gasteiger charge is 2.34. The van der Waals surface area contributed by atoms with Gasteiger partial charge in [0.05, 0.1) is 28.9 Å². The van der Waals surface area contributed by atoms with Gasteiger partial charge in [-0.25, -0.2) is 0 Å². The van der Waals surface area contributed by atoms with Gasteiger partial charge in [-0.1, -0.05) is 15.9 Å². The smallest absolute Gasteiger partial charge is 0.269 e. The largest absolute Gasteiger partial charge is 0.507 e. The number of carbonyl (C=O) groups is 1. The molecule has 0 radical (unpaired) electrons. The summed E-state index contributed by atoms with van der Waals surface area (Å²) in [7, 11) is 0. The van der Waals surface area contributed by atoms with E-state index in [0.717, 1.165) is 16.2 Å². The summed E-state index contributed by atoms with van der Waals surface area (Å²) in [6, 6.07) is 14.3. The van der Waals surface area contributed by atoms with Gasteiger partial charge in [0.25, 0.3) is 11.6 Å². The monoisotopic (exact) mass is 526 g/mol. The number of nitrogens with zero attached hydrogens (tertiary/aromatic N) is 4. The summed E-state index contributed by atoms with van der Waals surface area (Å²) in [5, 5.41) is 29.5. The van der Waals surface area contributed by atoms with Crippen LogP contribution < -0.4 is 0 Å². The van der Waals surface area contributed by atoms with Crippen LogP contribution in [0.5, 0.6) is 5.75 Å². The number of thioether (sulfide) groups is 1. The van der Waals surface area contributed by atoms with Crippen LogP contribution in [0.25, 0.3) is 6.08 Å². The predicted molar refractivity (Wildman–Crippen MR) is 129 cm³/mol. The summed E-state index contributed by atoms with van der Waals surface area (Å²) in [5.41, 5.74) is 1.08. The van der Waals surface area contributed by atoms with Gasteiger partial charge in [0.2, 0.25) is 0 Å². The summed E-state index contributed by atoms with van der Waals surface area (Å²) in [4.78, 5) is 25.2. The SMILES string of the molecule is O=C1/C(=C/c2cc(Br)ccc2O)S/C(=N\N=C\c2ccc([N+](=O)[O-])cc2)N1Cc1ccco1. The zero-order valence-electron chi connectivity index (χ0n) is 16.8. The van der Waals surface area contributed by atoms with Crippen LogP contribution in [0, 0.1) is 10.1 Å². The number of nitro groups is 1. The van der Waals surface area contributed by atoms with Crippen molar-refractivity contribution < 1.29 is 19.2 Å². The summed E-state index contributed by atoms with van der Waals surface area (Å²) in [6.07, 6.45) is 4.54. The maximum Gasteiger partial charge on any atom is 0.269 e. The lowest BCUT2D eigenvalue weighted by atomic mass is 10.2. The Labute approximate surface area is 200 Å². The number of phenols is 1. The summed E-state index contributed by atoms with van der Waals surface area (Å²) in [6.45, 7) is 0.159. The molecule has 0 unspecified atom stereocenters. The minimum Gasteiger partial charge on any atom is -0.507 e. The van der Waals surface area contributed by atoms with E-state index in [-0.39, 0.29) is 23.9 Å². The average molecular weight is 527 g/mol. The van der Waals surface area contributed by atoms with Gasteiger partial charge in [-0.2, -0.15) is 5.10 Å². The highest BCUT2D eigenvalue weighted by atomic mass is 79.9. The fraction of sp³-hybridized carbons (Fsp3) is 0.0455. The number of phenolic OH excluding ortho intramolecular Hbond substituents is 1. The topological polar surface area (TPSA) is 122 Å². The quantitative estimate of drug-likeness (QED) is 0.205. The molecule has 1 saturated heterocycles. The molecule has 166 valence electrons. The van der Waals surface area contributed by atoms with E-state index in [1.807, 2.05) is 0 Å². The van der Waals surface area contributed by atoms with Crippen molar-refractivity contribution in [2.24, 2.45) is 10.2 Å². The van der Waals surface area contributed by atoms with E-state index in [1.165, 1.54) is 35.6 Å². The molecule has 33 heavy (non-hydrogen) atoms. The fourth-order valence-electron chi connectivity index (χ4n) is 2.89. The van der Waals surface area contributed by atoms with E-state index in [4.69, 9.17) is 4.42 Å². The lowest BCUT2D eigenvalue weighted by Crippen LogP contribution is -2.28. The number of halogens is 1. The highest BCUT2D eigenvalue weighted by Crippen LogP contribution is 2.35. The number of amidine groups is 1. The van der Waals surface area contributed by atoms with E-state index < -0.39 is 4.92 Å². The van der Waals surface area contributed by atoms with Crippen molar-refractivity contribution in [2.45, 2.75) is 6.54 Å². The van der Waals surface area contributed by atoms with Gasteiger partial charge >= 0.3 is 0 Å². The first-order valence-corrected chi connectivity index (χ1v) is 11.1. The molecular weight excluding hydrogens is 512 g/mol. The zero-order chi connectivity index (χ0) is 23.4. The van der Waals surface area contributed by atoms with Crippen LogP contribution in [0.2, 0.25) is 0 Å². The van der Waals surface area contributed by atoms with Crippen molar-refractivity contribution in [3.8, 4) is 5.75 Å². The molecule has 11 heteroatoms. The maximum absolute atomic E-state index is 13.1. The molecule has 1 aliphatic heterocycles. The lowest BCUT2D eigenvalue weighted by molar-refractivity contribution is -0.384. The Morgan fingerprint density at radius 3 is 2.70 bits per heavy atom. The maximum atomic E-state index is 13.1. The van der Waals surface area contributed by atoms with Crippen molar-refractivity contribution in [3.05, 3.63) is 97.2 Å². The number of hydrogen-bond acceptors (Lipinski definition) is 8. The van der Waals surface area contributed by atoms with Crippen molar-refractivity contribution in [3.63, 3.8) is 0 Å². The summed E-state index contributed by atoms with van der Waals surface area (Å²) < 4.78 is 6.13. The molecule has 2 heterocycles. The van der Waals surface area contributed by atoms with Crippen LogP contribution in [-0.2, 0) is 11.3 Å². The molecule has 4 rings (SSSR count). The first kappa shape index (κ1) is 22.5. The number of amides is 1. The molecule has 0 bridgehead atoms. The molecule has 1 amide bonds. The number of aromatic hydroxyl groups is 1. The Morgan fingerprint density at radius 1 is 1.21 bits per heavy atom. The number of nitro benzene ring substituents is 1. The molecule has 1 fully saturated rings. The van der Waals surface area contributed by atoms with Gasteiger partial charge < -0.3 is 9.52 Å². The minimum atomic E-state index is -0.481. The summed E-state index contributed by atoms with van der Waals surface area (Å²) >= 11 is 4.47. The number of rotatable bonds is 6. The molecule has 0 saturated carbocycles. The molecule has 1 aliphatic rings. The van der Waals surface area contributed by atoms with Crippen LogP contribution in [-0.4, -0.2) is 32.2 Å². The van der Waals surface area contributed by atoms with E-state index in [0.29, 0.717) is 27.0 Å². The molecule has 1 N–H and O–H groups in total.